The van der Waals surface area contributed by atoms with Crippen molar-refractivity contribution in [3.05, 3.63) is 30.3 Å². The van der Waals surface area contributed by atoms with Gasteiger partial charge in [0, 0.05) is 5.69 Å². The Kier molecular flexibility index (Phi) is 6.02. The van der Waals surface area contributed by atoms with E-state index in [1.54, 1.807) is 30.3 Å². The zero-order valence-corrected chi connectivity index (χ0v) is 11.1. The number of amides is 3. The van der Waals surface area contributed by atoms with Gasteiger partial charge in [-0.15, -0.1) is 0 Å². The summed E-state index contributed by atoms with van der Waals surface area (Å²) in [5, 5.41) is 2.15. The van der Waals surface area contributed by atoms with Crippen LogP contribution < -0.4 is 21.7 Å². The fourth-order valence-electron chi connectivity index (χ4n) is 1.70. The van der Waals surface area contributed by atoms with E-state index in [4.69, 9.17) is 11.5 Å². The lowest BCUT2D eigenvalue weighted by atomic mass is 10.1. The standard InChI is InChI=1S/C13H15N4O4/c14-10(6-11(15)20)13(21)17(12(7-18)16-8-19)9-4-2-1-3-5-9/h1-5,8,10,12H,6,14H2,(H2,15,20)(H,16,19)/t10-,12+/m0/s1. The van der Waals surface area contributed by atoms with Crippen LogP contribution in [0.25, 0.3) is 0 Å². The van der Waals surface area contributed by atoms with E-state index in [9.17, 15) is 19.2 Å². The van der Waals surface area contributed by atoms with Gasteiger partial charge < -0.3 is 16.8 Å². The van der Waals surface area contributed by atoms with Gasteiger partial charge in [-0.25, -0.2) is 0 Å². The first-order chi connectivity index (χ1) is 10.0. The molecule has 0 aromatic heterocycles. The minimum atomic E-state index is -1.35. The highest BCUT2D eigenvalue weighted by molar-refractivity contribution is 6.02. The van der Waals surface area contributed by atoms with Gasteiger partial charge in [-0.05, 0) is 12.1 Å². The van der Waals surface area contributed by atoms with Crippen LogP contribution in [-0.4, -0.2) is 36.7 Å². The number of hydrogen-bond acceptors (Lipinski definition) is 5. The lowest BCUT2D eigenvalue weighted by Gasteiger charge is -2.29. The molecule has 1 aromatic carbocycles. The summed E-state index contributed by atoms with van der Waals surface area (Å²) in [7, 11) is 0. The summed E-state index contributed by atoms with van der Waals surface area (Å²) in [5.74, 6) is -1.48. The van der Waals surface area contributed by atoms with Gasteiger partial charge in [-0.3, -0.25) is 24.1 Å². The lowest BCUT2D eigenvalue weighted by Crippen LogP contribution is -2.55. The van der Waals surface area contributed by atoms with Crippen LogP contribution in [0.2, 0.25) is 0 Å². The largest absolute Gasteiger partial charge is 0.370 e. The second kappa shape index (κ2) is 7.75. The van der Waals surface area contributed by atoms with Gasteiger partial charge in [0.25, 0.3) is 0 Å². The number of carbonyl (C=O) groups is 3. The van der Waals surface area contributed by atoms with Crippen molar-refractivity contribution in [3.8, 4) is 0 Å². The highest BCUT2D eigenvalue weighted by atomic mass is 16.2. The predicted molar refractivity (Wildman–Crippen MR) is 74.4 cm³/mol. The summed E-state index contributed by atoms with van der Waals surface area (Å²) in [6.45, 7) is 0. The molecule has 21 heavy (non-hydrogen) atoms. The molecule has 111 valence electrons. The number of anilines is 1. The molecule has 8 heteroatoms. The van der Waals surface area contributed by atoms with Crippen molar-refractivity contribution in [2.75, 3.05) is 4.90 Å². The third-order valence-corrected chi connectivity index (χ3v) is 2.61. The van der Waals surface area contributed by atoms with E-state index in [-0.39, 0.29) is 12.8 Å². The van der Waals surface area contributed by atoms with Gasteiger partial charge >= 0.3 is 0 Å². The topological polar surface area (TPSA) is 136 Å². The molecule has 1 aromatic rings. The molecular weight excluding hydrogens is 276 g/mol. The van der Waals surface area contributed by atoms with Crippen LogP contribution in [0.1, 0.15) is 6.42 Å². The van der Waals surface area contributed by atoms with E-state index in [1.165, 1.54) is 6.29 Å². The summed E-state index contributed by atoms with van der Waals surface area (Å²) >= 11 is 0. The Hall–Kier alpha value is -2.74. The lowest BCUT2D eigenvalue weighted by molar-refractivity contribution is -0.125. The zero-order chi connectivity index (χ0) is 15.8. The Morgan fingerprint density at radius 1 is 1.33 bits per heavy atom. The van der Waals surface area contributed by atoms with Crippen molar-refractivity contribution in [2.45, 2.75) is 18.6 Å². The number of nitrogens with zero attached hydrogens (tertiary/aromatic N) is 1. The van der Waals surface area contributed by atoms with Gasteiger partial charge in [-0.2, -0.15) is 0 Å². The number of primary amides is 1. The summed E-state index contributed by atoms with van der Waals surface area (Å²) in [4.78, 5) is 45.7. The third kappa shape index (κ3) is 4.39. The van der Waals surface area contributed by atoms with Crippen LogP contribution in [0.5, 0.6) is 0 Å². The van der Waals surface area contributed by atoms with E-state index in [2.05, 4.69) is 5.32 Å². The number of carbonyl (C=O) groups excluding carboxylic acids is 4. The van der Waals surface area contributed by atoms with Crippen molar-refractivity contribution < 1.29 is 19.2 Å². The minimum Gasteiger partial charge on any atom is -0.370 e. The summed E-state index contributed by atoms with van der Waals surface area (Å²) in [5.41, 5.74) is 10.9. The van der Waals surface area contributed by atoms with Crippen LogP contribution in [0.15, 0.2) is 30.3 Å². The molecule has 1 rings (SSSR count). The third-order valence-electron chi connectivity index (χ3n) is 2.61. The summed E-state index contributed by atoms with van der Waals surface area (Å²) in [6, 6.07) is 6.85. The normalized spacial score (nSPS) is 12.8. The highest BCUT2D eigenvalue weighted by Gasteiger charge is 2.30. The van der Waals surface area contributed by atoms with Crippen LogP contribution in [-0.2, 0) is 19.2 Å². The molecule has 2 atom stereocenters. The van der Waals surface area contributed by atoms with Crippen molar-refractivity contribution >= 4 is 30.2 Å². The average Bonchev–Trinajstić information content (AvgIpc) is 2.46. The molecule has 0 heterocycles. The predicted octanol–water partition coefficient (Wildman–Crippen LogP) is -1.60. The fraction of sp³-hybridized carbons (Fsp3) is 0.231. The Morgan fingerprint density at radius 2 is 1.95 bits per heavy atom. The first-order valence-corrected chi connectivity index (χ1v) is 6.00. The Morgan fingerprint density at radius 3 is 2.43 bits per heavy atom. The van der Waals surface area contributed by atoms with Gasteiger partial charge in [0.1, 0.15) is 0 Å². The first-order valence-electron chi connectivity index (χ1n) is 6.00. The zero-order valence-electron chi connectivity index (χ0n) is 11.1. The molecule has 0 spiro atoms. The number of benzene rings is 1. The first kappa shape index (κ1) is 16.3. The second-order valence-corrected chi connectivity index (χ2v) is 4.13. The molecular formula is C13H15N4O4. The molecule has 1 radical (unpaired) electrons. The highest BCUT2D eigenvalue weighted by Crippen LogP contribution is 2.16. The maximum atomic E-state index is 12.3. The van der Waals surface area contributed by atoms with E-state index in [1.807, 2.05) is 0 Å². The van der Waals surface area contributed by atoms with Crippen LogP contribution >= 0.6 is 0 Å². The number of rotatable bonds is 8. The molecule has 0 saturated carbocycles. The van der Waals surface area contributed by atoms with Crippen LogP contribution in [0, 0.1) is 0 Å². The Bertz CT molecular complexity index is 520. The van der Waals surface area contributed by atoms with Crippen molar-refractivity contribution in [1.82, 2.24) is 5.32 Å². The maximum absolute atomic E-state index is 12.3. The average molecular weight is 291 g/mol. The van der Waals surface area contributed by atoms with Crippen LogP contribution in [0.3, 0.4) is 0 Å². The van der Waals surface area contributed by atoms with Gasteiger partial charge in [-0.1, -0.05) is 18.2 Å². The minimum absolute atomic E-state index is 0.262. The fourth-order valence-corrected chi connectivity index (χ4v) is 1.70. The quantitative estimate of drug-likeness (QED) is 0.391. The smallest absolute Gasteiger partial charge is 0.246 e. The van der Waals surface area contributed by atoms with Gasteiger partial charge in [0.05, 0.1) is 12.5 Å². The molecule has 0 aliphatic heterocycles. The monoisotopic (exact) mass is 291 g/mol. The summed E-state index contributed by atoms with van der Waals surface area (Å²) < 4.78 is 0. The SMILES string of the molecule is NC(=O)C[C@H](N)C(=O)N(c1ccccc1)[C@H]([C]=O)NC=O. The molecule has 0 fully saturated rings. The van der Waals surface area contributed by atoms with Gasteiger partial charge in [0.15, 0.2) is 6.17 Å². The number of nitrogens with two attached hydrogens (primary N) is 2. The number of nitrogens with one attached hydrogen (secondary N) is 1. The van der Waals surface area contributed by atoms with Crippen molar-refractivity contribution in [2.24, 2.45) is 11.5 Å². The molecule has 8 nitrogen and oxygen atoms in total. The second-order valence-electron chi connectivity index (χ2n) is 4.13. The van der Waals surface area contributed by atoms with E-state index in [0.29, 0.717) is 5.69 Å². The molecule has 0 saturated heterocycles. The van der Waals surface area contributed by atoms with Crippen LogP contribution in [0.4, 0.5) is 5.69 Å². The van der Waals surface area contributed by atoms with Crippen molar-refractivity contribution in [3.63, 3.8) is 0 Å². The van der Waals surface area contributed by atoms with E-state index < -0.39 is 24.0 Å². The number of hydrogen-bond donors (Lipinski definition) is 3. The molecule has 3 amide bonds. The summed E-state index contributed by atoms with van der Waals surface area (Å²) in [6.07, 6.45) is 0.0632. The molecule has 0 aliphatic carbocycles. The Balaban J connectivity index is 3.12. The van der Waals surface area contributed by atoms with Gasteiger partial charge in [0.2, 0.25) is 24.5 Å². The Labute approximate surface area is 121 Å². The van der Waals surface area contributed by atoms with E-state index >= 15 is 0 Å². The molecule has 0 bridgehead atoms. The van der Waals surface area contributed by atoms with Crippen molar-refractivity contribution in [1.29, 1.82) is 0 Å². The van der Waals surface area contributed by atoms with E-state index in [0.717, 1.165) is 4.90 Å². The molecule has 0 aliphatic rings. The molecule has 0 unspecified atom stereocenters. The number of para-hydroxylation sites is 1. The molecule has 5 N–H and O–H groups in total. The maximum Gasteiger partial charge on any atom is 0.246 e.